The van der Waals surface area contributed by atoms with Crippen molar-refractivity contribution >= 4 is 45.7 Å². The lowest BCUT2D eigenvalue weighted by molar-refractivity contribution is -0.287. The van der Waals surface area contributed by atoms with Crippen LogP contribution in [0.15, 0.2) is 51.0 Å². The van der Waals surface area contributed by atoms with Gasteiger partial charge < -0.3 is 34.4 Å². The van der Waals surface area contributed by atoms with Crippen molar-refractivity contribution in [2.45, 2.75) is 62.3 Å². The van der Waals surface area contributed by atoms with Crippen LogP contribution in [0.5, 0.6) is 23.0 Å². The Morgan fingerprint density at radius 2 is 1.30 bits per heavy atom. The summed E-state index contributed by atoms with van der Waals surface area (Å²) in [5.74, 6) is 2.74. The minimum atomic E-state index is -3.61. The zero-order chi connectivity index (χ0) is 34.0. The van der Waals surface area contributed by atoms with E-state index in [0.717, 1.165) is 51.3 Å². The summed E-state index contributed by atoms with van der Waals surface area (Å²) in [6.45, 7) is 6.68. The summed E-state index contributed by atoms with van der Waals surface area (Å²) in [6, 6.07) is 8.96. The van der Waals surface area contributed by atoms with Crippen molar-refractivity contribution in [3.63, 3.8) is 0 Å². The van der Waals surface area contributed by atoms with Crippen molar-refractivity contribution in [2.75, 3.05) is 39.3 Å². The molecule has 7 fully saturated rings. The van der Waals surface area contributed by atoms with Crippen LogP contribution in [0.1, 0.15) is 38.5 Å². The van der Waals surface area contributed by atoms with Gasteiger partial charge in [-0.15, -0.1) is 30.0 Å². The molecule has 0 aromatic heterocycles. The first kappa shape index (κ1) is 35.2. The van der Waals surface area contributed by atoms with Gasteiger partial charge in [0.15, 0.2) is 28.6 Å². The number of alkyl halides is 4. The summed E-state index contributed by atoms with van der Waals surface area (Å²) in [7, 11) is 0. The monoisotopic (exact) mass is 790 g/mol. The number of nitrogens with one attached hydrogen (secondary N) is 1. The summed E-state index contributed by atoms with van der Waals surface area (Å²) in [5.41, 5.74) is 8.89. The second-order valence-electron chi connectivity index (χ2n) is 13.6. The van der Waals surface area contributed by atoms with Gasteiger partial charge in [0.25, 0.3) is 0 Å². The number of amidine groups is 2. The van der Waals surface area contributed by atoms with Gasteiger partial charge in [-0.25, -0.2) is 4.99 Å². The molecule has 0 radical (unpaired) electrons. The quantitative estimate of drug-likeness (QED) is 0.345. The van der Waals surface area contributed by atoms with E-state index >= 15 is 0 Å². The molecule has 0 aliphatic carbocycles. The molecule has 10 aliphatic rings. The average molecular weight is 792 g/mol. The SMILES string of the molecule is Cl.FC1(F)Oc2ccc(Br)cc2O1.FC1(F)Oc2ccc(N=C3C[C@@]4(CN5CCC4CC5)ON3)cc2O1.NC1=NO[C@@]2(C1)CN1CCC2CC1. The van der Waals surface area contributed by atoms with Gasteiger partial charge in [-0.3, -0.25) is 15.2 Å². The lowest BCUT2D eigenvalue weighted by Crippen LogP contribution is -2.59. The van der Waals surface area contributed by atoms with Crippen LogP contribution >= 0.6 is 28.3 Å². The second-order valence-corrected chi connectivity index (χ2v) is 14.5. The van der Waals surface area contributed by atoms with E-state index in [1.165, 1.54) is 50.2 Å². The highest BCUT2D eigenvalue weighted by atomic mass is 79.9. The van der Waals surface area contributed by atoms with Crippen LogP contribution in [-0.2, 0) is 9.68 Å². The van der Waals surface area contributed by atoms with Gasteiger partial charge in [-0.1, -0.05) is 21.1 Å². The van der Waals surface area contributed by atoms with Gasteiger partial charge in [0, 0.05) is 36.0 Å². The molecule has 0 saturated carbocycles. The van der Waals surface area contributed by atoms with Gasteiger partial charge in [0.1, 0.15) is 17.3 Å². The van der Waals surface area contributed by atoms with Crippen LogP contribution < -0.4 is 30.2 Å². The van der Waals surface area contributed by atoms with E-state index in [4.69, 9.17) is 15.4 Å². The molecule has 2 spiro atoms. The number of nitrogens with zero attached hydrogens (tertiary/aromatic N) is 4. The molecule has 12 rings (SSSR count). The Bertz CT molecular complexity index is 1680. The highest BCUT2D eigenvalue weighted by molar-refractivity contribution is 9.10. The summed E-state index contributed by atoms with van der Waals surface area (Å²) in [4.78, 5) is 20.9. The number of benzene rings is 2. The minimum Gasteiger partial charge on any atom is -0.395 e. The Labute approximate surface area is 299 Å². The molecular weight excluding hydrogens is 756 g/mol. The van der Waals surface area contributed by atoms with Crippen molar-refractivity contribution in [2.24, 2.45) is 27.7 Å². The zero-order valence-electron chi connectivity index (χ0n) is 26.7. The van der Waals surface area contributed by atoms with Crippen LogP contribution in [0.2, 0.25) is 0 Å². The number of oxime groups is 1. The molecule has 12 nitrogen and oxygen atoms in total. The van der Waals surface area contributed by atoms with E-state index < -0.39 is 12.6 Å². The summed E-state index contributed by atoms with van der Waals surface area (Å²) < 4.78 is 68.9. The maximum Gasteiger partial charge on any atom is 0.586 e. The number of nitrogens with two attached hydrogens (primary N) is 1. The van der Waals surface area contributed by atoms with Gasteiger partial charge in [0.05, 0.1) is 12.1 Å². The molecule has 0 unspecified atom stereocenters. The third-order valence-corrected chi connectivity index (χ3v) is 10.8. The fourth-order valence-corrected chi connectivity index (χ4v) is 8.39. The van der Waals surface area contributed by atoms with Crippen molar-refractivity contribution in [1.29, 1.82) is 0 Å². The third-order valence-electron chi connectivity index (χ3n) is 10.3. The fourth-order valence-electron chi connectivity index (χ4n) is 8.05. The number of halogens is 6. The van der Waals surface area contributed by atoms with Crippen molar-refractivity contribution in [1.82, 2.24) is 15.3 Å². The van der Waals surface area contributed by atoms with Crippen LogP contribution in [0.3, 0.4) is 0 Å². The number of ether oxygens (including phenoxy) is 4. The third kappa shape index (κ3) is 6.98. The number of hydroxylamine groups is 1. The maximum atomic E-state index is 13.1. The molecule has 2 atom stereocenters. The first-order valence-electron chi connectivity index (χ1n) is 16.3. The molecule has 7 saturated heterocycles. The Morgan fingerprint density at radius 1 is 0.760 bits per heavy atom. The van der Waals surface area contributed by atoms with Gasteiger partial charge >= 0.3 is 12.6 Å². The molecule has 272 valence electrons. The van der Waals surface area contributed by atoms with E-state index in [1.807, 2.05) is 0 Å². The number of hydrogen-bond acceptors (Lipinski definition) is 11. The van der Waals surface area contributed by atoms with Crippen molar-refractivity contribution in [3.05, 3.63) is 40.9 Å². The van der Waals surface area contributed by atoms with Gasteiger partial charge in [-0.05, 0) is 88.1 Å². The highest BCUT2D eigenvalue weighted by Crippen LogP contribution is 2.46. The van der Waals surface area contributed by atoms with Gasteiger partial charge in [-0.2, -0.15) is 0 Å². The Morgan fingerprint density at radius 3 is 1.84 bits per heavy atom. The molecular formula is C32H36BrClF4N6O6. The lowest BCUT2D eigenvalue weighted by atomic mass is 9.74. The van der Waals surface area contributed by atoms with E-state index in [1.54, 1.807) is 12.1 Å². The number of piperidine rings is 6. The fraction of sp³-hybridized carbons (Fsp3) is 0.562. The summed E-state index contributed by atoms with van der Waals surface area (Å²) in [6.07, 6.45) is -0.785. The van der Waals surface area contributed by atoms with E-state index in [2.05, 4.69) is 60.3 Å². The number of aliphatic imine (C=N–C) groups is 1. The molecule has 2 aromatic rings. The predicted octanol–water partition coefficient (Wildman–Crippen LogP) is 5.76. The molecule has 2 aromatic carbocycles. The molecule has 50 heavy (non-hydrogen) atoms. The molecule has 4 bridgehead atoms. The average Bonchev–Trinajstić information content (AvgIpc) is 3.80. The van der Waals surface area contributed by atoms with Crippen LogP contribution in [0, 0.1) is 11.8 Å². The van der Waals surface area contributed by atoms with E-state index in [-0.39, 0.29) is 46.6 Å². The van der Waals surface area contributed by atoms with Crippen molar-refractivity contribution < 1.29 is 46.2 Å². The number of fused-ring (bicyclic) bond motifs is 6. The molecule has 18 heteroatoms. The van der Waals surface area contributed by atoms with Gasteiger partial charge in [0.2, 0.25) is 0 Å². The van der Waals surface area contributed by atoms with Crippen LogP contribution in [-0.4, -0.2) is 84.5 Å². The van der Waals surface area contributed by atoms with Crippen molar-refractivity contribution in [3.8, 4) is 23.0 Å². The minimum absolute atomic E-state index is 0. The second kappa shape index (κ2) is 13.1. The predicted molar refractivity (Wildman–Crippen MR) is 177 cm³/mol. The molecule has 10 aliphatic heterocycles. The smallest absolute Gasteiger partial charge is 0.395 e. The summed E-state index contributed by atoms with van der Waals surface area (Å²) in [5, 5.41) is 3.90. The van der Waals surface area contributed by atoms with E-state index in [0.29, 0.717) is 34.3 Å². The topological polar surface area (TPSA) is 125 Å². The van der Waals surface area contributed by atoms with Crippen LogP contribution in [0.25, 0.3) is 0 Å². The zero-order valence-corrected chi connectivity index (χ0v) is 29.1. The first-order valence-corrected chi connectivity index (χ1v) is 17.1. The largest absolute Gasteiger partial charge is 0.586 e. The number of rotatable bonds is 1. The Kier molecular flexibility index (Phi) is 9.19. The number of hydrogen-bond donors (Lipinski definition) is 2. The summed E-state index contributed by atoms with van der Waals surface area (Å²) >= 11 is 3.12. The molecule has 10 heterocycles. The Balaban J connectivity index is 0.000000128. The Hall–Kier alpha value is -3.25. The lowest BCUT2D eigenvalue weighted by Gasteiger charge is -2.49. The maximum absolute atomic E-state index is 13.1. The normalized spacial score (nSPS) is 34.6. The standard InChI is InChI=1S/C16H17F2N3O3.C9H15N3O.C7H3BrF2O2.ClH/c17-16(18)22-12-2-1-11(7-13(12)23-16)19-14-8-15(24-20-14)9-21-5-3-10(15)4-6-21;10-8-5-9(13-11-8)6-12-3-1-7(9)2-4-12;8-4-1-2-5-6(3-4)12-7(9,10)11-5;/h1-2,7,10H,3-6,8-9H2,(H,19,20);7H,1-6H2,(H2,10,11);1-3H;1H/t15-;9-;;/m00../s1. The van der Waals surface area contributed by atoms with E-state index in [9.17, 15) is 17.6 Å². The first-order chi connectivity index (χ1) is 23.4. The van der Waals surface area contributed by atoms with Crippen LogP contribution in [0.4, 0.5) is 23.2 Å². The molecule has 0 amide bonds. The molecule has 3 N–H and O–H groups in total. The highest BCUT2D eigenvalue weighted by Gasteiger charge is 2.53.